The molecular weight excluding hydrogens is 222 g/mol. The Morgan fingerprint density at radius 3 is 2.56 bits per heavy atom. The fourth-order valence-corrected chi connectivity index (χ4v) is 2.43. The molecule has 0 amide bonds. The number of hydrogen-bond acceptors (Lipinski definition) is 2. The number of methoxy groups -OCH3 is 1. The lowest BCUT2D eigenvalue weighted by molar-refractivity contribution is 0.382. The highest BCUT2D eigenvalue weighted by Crippen LogP contribution is 2.55. The van der Waals surface area contributed by atoms with Crippen molar-refractivity contribution in [2.45, 2.75) is 32.7 Å². The molecule has 1 fully saturated rings. The van der Waals surface area contributed by atoms with E-state index < -0.39 is 0 Å². The molecular formula is C13H18ClNO. The smallest absolute Gasteiger partial charge is 0.126 e. The third-order valence-corrected chi connectivity index (χ3v) is 3.82. The molecule has 88 valence electrons. The van der Waals surface area contributed by atoms with Crippen LogP contribution in [-0.4, -0.2) is 7.11 Å². The monoisotopic (exact) mass is 239 g/mol. The van der Waals surface area contributed by atoms with Crippen LogP contribution in [0.5, 0.6) is 5.75 Å². The summed E-state index contributed by atoms with van der Waals surface area (Å²) < 4.78 is 5.44. The third-order valence-electron chi connectivity index (χ3n) is 3.60. The van der Waals surface area contributed by atoms with Gasteiger partial charge in [-0.2, -0.15) is 0 Å². The van der Waals surface area contributed by atoms with E-state index in [2.05, 4.69) is 6.92 Å². The molecule has 1 aromatic carbocycles. The van der Waals surface area contributed by atoms with Crippen LogP contribution in [0.15, 0.2) is 12.1 Å². The first-order valence-corrected chi connectivity index (χ1v) is 5.95. The summed E-state index contributed by atoms with van der Waals surface area (Å²) >= 11 is 6.08. The van der Waals surface area contributed by atoms with E-state index in [1.165, 1.54) is 12.8 Å². The van der Waals surface area contributed by atoms with Crippen LogP contribution < -0.4 is 10.5 Å². The van der Waals surface area contributed by atoms with E-state index in [9.17, 15) is 0 Å². The summed E-state index contributed by atoms with van der Waals surface area (Å²) in [4.78, 5) is 0. The minimum absolute atomic E-state index is 0.0137. The van der Waals surface area contributed by atoms with E-state index in [0.717, 1.165) is 21.9 Å². The molecule has 1 aliphatic rings. The Bertz CT molecular complexity index is 413. The maximum Gasteiger partial charge on any atom is 0.126 e. The van der Waals surface area contributed by atoms with Gasteiger partial charge in [0.1, 0.15) is 5.75 Å². The predicted molar refractivity (Wildman–Crippen MR) is 67.0 cm³/mol. The molecule has 1 aliphatic carbocycles. The molecule has 1 saturated carbocycles. The number of hydrogen-bond donors (Lipinski definition) is 1. The summed E-state index contributed by atoms with van der Waals surface area (Å²) in [5.74, 6) is 0.880. The van der Waals surface area contributed by atoms with Crippen LogP contribution in [-0.2, 0) is 0 Å². The minimum atomic E-state index is 0.0137. The Labute approximate surface area is 102 Å². The number of benzene rings is 1. The quantitative estimate of drug-likeness (QED) is 0.877. The SMILES string of the molecule is COc1c(C)cc(Cl)cc1C(N)C1(C)CC1. The number of aryl methyl sites for hydroxylation is 1. The number of halogens is 1. The van der Waals surface area contributed by atoms with Crippen LogP contribution in [0.2, 0.25) is 5.02 Å². The average Bonchev–Trinajstić information content (AvgIpc) is 2.95. The van der Waals surface area contributed by atoms with Gasteiger partial charge < -0.3 is 10.5 Å². The van der Waals surface area contributed by atoms with Crippen molar-refractivity contribution in [3.63, 3.8) is 0 Å². The maximum atomic E-state index is 6.31. The molecule has 2 nitrogen and oxygen atoms in total. The molecule has 0 aromatic heterocycles. The molecule has 2 rings (SSSR count). The summed E-state index contributed by atoms with van der Waals surface area (Å²) in [6.45, 7) is 4.21. The van der Waals surface area contributed by atoms with Crippen LogP contribution in [0.1, 0.15) is 36.9 Å². The Kier molecular flexibility index (Phi) is 2.89. The fraction of sp³-hybridized carbons (Fsp3) is 0.538. The van der Waals surface area contributed by atoms with E-state index in [1.807, 2.05) is 19.1 Å². The van der Waals surface area contributed by atoms with Gasteiger partial charge in [-0.3, -0.25) is 0 Å². The molecule has 1 aromatic rings. The lowest BCUT2D eigenvalue weighted by Crippen LogP contribution is -2.21. The first kappa shape index (κ1) is 11.7. The number of ether oxygens (including phenoxy) is 1. The van der Waals surface area contributed by atoms with E-state index in [-0.39, 0.29) is 11.5 Å². The summed E-state index contributed by atoms with van der Waals surface area (Å²) in [6.07, 6.45) is 2.37. The topological polar surface area (TPSA) is 35.2 Å². The molecule has 0 bridgehead atoms. The summed E-state index contributed by atoms with van der Waals surface area (Å²) in [6, 6.07) is 3.85. The predicted octanol–water partition coefficient (Wildman–Crippen LogP) is 3.46. The molecule has 2 N–H and O–H groups in total. The minimum Gasteiger partial charge on any atom is -0.496 e. The van der Waals surface area contributed by atoms with Gasteiger partial charge in [0, 0.05) is 16.6 Å². The summed E-state index contributed by atoms with van der Waals surface area (Å²) in [7, 11) is 1.68. The van der Waals surface area contributed by atoms with Crippen LogP contribution in [0, 0.1) is 12.3 Å². The second kappa shape index (κ2) is 3.94. The first-order valence-electron chi connectivity index (χ1n) is 5.57. The Morgan fingerprint density at radius 1 is 1.44 bits per heavy atom. The molecule has 1 unspecified atom stereocenters. The molecule has 0 aliphatic heterocycles. The van der Waals surface area contributed by atoms with E-state index >= 15 is 0 Å². The highest BCUT2D eigenvalue weighted by atomic mass is 35.5. The number of nitrogens with two attached hydrogens (primary N) is 1. The van der Waals surface area contributed by atoms with Gasteiger partial charge >= 0.3 is 0 Å². The van der Waals surface area contributed by atoms with E-state index in [0.29, 0.717) is 0 Å². The molecule has 0 heterocycles. The highest BCUT2D eigenvalue weighted by Gasteiger charge is 2.44. The Hall–Kier alpha value is -0.730. The van der Waals surface area contributed by atoms with Gasteiger partial charge in [-0.1, -0.05) is 18.5 Å². The maximum absolute atomic E-state index is 6.31. The van der Waals surface area contributed by atoms with Crippen molar-refractivity contribution in [3.05, 3.63) is 28.3 Å². The number of rotatable bonds is 3. The van der Waals surface area contributed by atoms with E-state index in [4.69, 9.17) is 22.1 Å². The van der Waals surface area contributed by atoms with Gasteiger partial charge in [0.05, 0.1) is 7.11 Å². The van der Waals surface area contributed by atoms with Gasteiger partial charge in [-0.25, -0.2) is 0 Å². The van der Waals surface area contributed by atoms with Crippen molar-refractivity contribution in [1.29, 1.82) is 0 Å². The Morgan fingerprint density at radius 2 is 2.06 bits per heavy atom. The van der Waals surface area contributed by atoms with Gasteiger partial charge in [-0.15, -0.1) is 0 Å². The molecule has 0 saturated heterocycles. The van der Waals surface area contributed by atoms with Crippen LogP contribution in [0.25, 0.3) is 0 Å². The second-order valence-electron chi connectivity index (χ2n) is 4.98. The average molecular weight is 240 g/mol. The molecule has 16 heavy (non-hydrogen) atoms. The summed E-state index contributed by atoms with van der Waals surface area (Å²) in [5, 5.41) is 0.730. The van der Waals surface area contributed by atoms with Crippen molar-refractivity contribution in [1.82, 2.24) is 0 Å². The fourth-order valence-electron chi connectivity index (χ4n) is 2.15. The van der Waals surface area contributed by atoms with Crippen molar-refractivity contribution in [2.75, 3.05) is 7.11 Å². The van der Waals surface area contributed by atoms with Crippen molar-refractivity contribution < 1.29 is 4.74 Å². The van der Waals surface area contributed by atoms with Crippen LogP contribution in [0.3, 0.4) is 0 Å². The molecule has 0 radical (unpaired) electrons. The van der Waals surface area contributed by atoms with Crippen LogP contribution in [0.4, 0.5) is 0 Å². The zero-order valence-corrected chi connectivity index (χ0v) is 10.8. The lowest BCUT2D eigenvalue weighted by Gasteiger charge is -2.23. The standard InChI is InChI=1S/C13H18ClNO/c1-8-6-9(14)7-10(11(8)16-3)12(15)13(2)4-5-13/h6-7,12H,4-5,15H2,1-3H3. The van der Waals surface area contributed by atoms with Crippen LogP contribution >= 0.6 is 11.6 Å². The van der Waals surface area contributed by atoms with Gasteiger partial charge in [0.25, 0.3) is 0 Å². The normalized spacial score (nSPS) is 19.3. The molecule has 1 atom stereocenters. The van der Waals surface area contributed by atoms with Gasteiger partial charge in [-0.05, 0) is 42.9 Å². The van der Waals surface area contributed by atoms with Crippen molar-refractivity contribution >= 4 is 11.6 Å². The zero-order valence-electron chi connectivity index (χ0n) is 10.0. The molecule has 3 heteroatoms. The second-order valence-corrected chi connectivity index (χ2v) is 5.41. The summed E-state index contributed by atoms with van der Waals surface area (Å²) in [5.41, 5.74) is 8.62. The van der Waals surface area contributed by atoms with Gasteiger partial charge in [0.2, 0.25) is 0 Å². The lowest BCUT2D eigenvalue weighted by atomic mass is 9.91. The van der Waals surface area contributed by atoms with Crippen molar-refractivity contribution in [2.24, 2.45) is 11.1 Å². The largest absolute Gasteiger partial charge is 0.496 e. The third kappa shape index (κ3) is 1.92. The highest BCUT2D eigenvalue weighted by molar-refractivity contribution is 6.30. The zero-order chi connectivity index (χ0) is 11.9. The molecule has 0 spiro atoms. The van der Waals surface area contributed by atoms with E-state index in [1.54, 1.807) is 7.11 Å². The van der Waals surface area contributed by atoms with Crippen molar-refractivity contribution in [3.8, 4) is 5.75 Å². The Balaban J connectivity index is 2.46. The first-order chi connectivity index (χ1) is 7.48. The van der Waals surface area contributed by atoms with Gasteiger partial charge in [0.15, 0.2) is 0 Å².